The van der Waals surface area contributed by atoms with Gasteiger partial charge < -0.3 is 5.11 Å². The molecule has 0 unspecified atom stereocenters. The van der Waals surface area contributed by atoms with Crippen molar-refractivity contribution in [3.63, 3.8) is 0 Å². The van der Waals surface area contributed by atoms with Crippen LogP contribution < -0.4 is 0 Å². The molecule has 1 radical (unpaired) electrons. The van der Waals surface area contributed by atoms with E-state index < -0.39 is 0 Å². The van der Waals surface area contributed by atoms with Crippen molar-refractivity contribution in [3.8, 4) is 22.0 Å². The van der Waals surface area contributed by atoms with Crippen LogP contribution in [0, 0.1) is 24.8 Å². The average Bonchev–Trinajstić information content (AvgIpc) is 3.40. The van der Waals surface area contributed by atoms with Crippen LogP contribution in [-0.4, -0.2) is 25.8 Å². The summed E-state index contributed by atoms with van der Waals surface area (Å²) < 4.78 is 0. The number of aryl methyl sites for hydroxylation is 1. The third-order valence-corrected chi connectivity index (χ3v) is 8.43. The first kappa shape index (κ1) is 35.5. The zero-order chi connectivity index (χ0) is 30.2. The molecule has 7 heteroatoms. The molecule has 0 saturated carbocycles. The summed E-state index contributed by atoms with van der Waals surface area (Å²) >= 11 is 1.60. The molecule has 0 aliphatic rings. The van der Waals surface area contributed by atoms with Gasteiger partial charge in [-0.1, -0.05) is 77.6 Å². The van der Waals surface area contributed by atoms with E-state index in [0.29, 0.717) is 0 Å². The van der Waals surface area contributed by atoms with Crippen LogP contribution in [0.5, 0.6) is 0 Å². The molecule has 0 aliphatic heterocycles. The van der Waals surface area contributed by atoms with Gasteiger partial charge in [0.25, 0.3) is 0 Å². The molecule has 0 bridgehead atoms. The maximum absolute atomic E-state index is 11.7. The molecule has 0 saturated heterocycles. The van der Waals surface area contributed by atoms with Crippen LogP contribution in [0.2, 0.25) is 0 Å². The van der Waals surface area contributed by atoms with Crippen molar-refractivity contribution >= 4 is 27.9 Å². The molecule has 0 atom stereocenters. The van der Waals surface area contributed by atoms with E-state index in [2.05, 4.69) is 72.1 Å². The zero-order valence-corrected chi connectivity index (χ0v) is 29.3. The third-order valence-electron chi connectivity index (χ3n) is 7.45. The van der Waals surface area contributed by atoms with Crippen molar-refractivity contribution in [1.82, 2.24) is 15.0 Å². The number of hydrogen-bond acceptors (Lipinski definition) is 6. The molecule has 227 valence electrons. The van der Waals surface area contributed by atoms with Crippen LogP contribution in [0.3, 0.4) is 0 Å². The van der Waals surface area contributed by atoms with E-state index in [1.54, 1.807) is 17.7 Å². The summed E-state index contributed by atoms with van der Waals surface area (Å²) in [4.78, 5) is 25.2. The van der Waals surface area contributed by atoms with E-state index in [0.717, 1.165) is 58.7 Å². The van der Waals surface area contributed by atoms with Crippen LogP contribution in [-0.2, 0) is 30.3 Å². The molecule has 0 aliphatic carbocycles. The van der Waals surface area contributed by atoms with E-state index in [9.17, 15) is 9.90 Å². The molecule has 2 heterocycles. The number of benzene rings is 2. The minimum absolute atomic E-state index is 0. The van der Waals surface area contributed by atoms with Gasteiger partial charge in [-0.05, 0) is 44.1 Å². The Kier molecular flexibility index (Phi) is 13.7. The molecule has 0 spiro atoms. The molecule has 1 N–H and O–H groups in total. The fourth-order valence-electron chi connectivity index (χ4n) is 4.86. The number of aliphatic hydroxyl groups excluding tert-OH is 1. The molecule has 4 aromatic rings. The van der Waals surface area contributed by atoms with Gasteiger partial charge in [-0.15, -0.1) is 40.5 Å². The van der Waals surface area contributed by atoms with E-state index in [4.69, 9.17) is 0 Å². The standard InChI is InChI=1S/C22H20N3S.C13H24O2.Ir/c1-14-12-26-21(25-14)20-11-19(23-13-24-20)16-9-15-7-5-6-8-17(15)18(10-16)22(2,3)4;1-5-10(6-2)12(14)9-13(15)11(7-3)8-4;/h5-8,10-13H,1-4H3;9-11,14H,5-8H2,1-4H3;/q-1;;/b;12-9-;. The number of thiazole rings is 1. The number of nitrogens with zero attached hydrogens (tertiary/aromatic N) is 3. The van der Waals surface area contributed by atoms with Crippen molar-refractivity contribution in [2.45, 2.75) is 86.5 Å². The normalized spacial score (nSPS) is 11.8. The van der Waals surface area contributed by atoms with Gasteiger partial charge in [0, 0.05) is 54.8 Å². The molecule has 2 aromatic heterocycles. The van der Waals surface area contributed by atoms with Gasteiger partial charge in [0.2, 0.25) is 0 Å². The number of allylic oxidation sites excluding steroid dienone is 2. The van der Waals surface area contributed by atoms with Crippen molar-refractivity contribution in [2.24, 2.45) is 11.8 Å². The maximum atomic E-state index is 11.7. The Balaban J connectivity index is 0.000000334. The Bertz CT molecular complexity index is 1480. The van der Waals surface area contributed by atoms with Crippen LogP contribution in [0.1, 0.15) is 85.4 Å². The summed E-state index contributed by atoms with van der Waals surface area (Å²) in [5.41, 5.74) is 5.06. The van der Waals surface area contributed by atoms with Crippen LogP contribution >= 0.6 is 11.3 Å². The molecule has 0 amide bonds. The minimum atomic E-state index is 0. The molecule has 42 heavy (non-hydrogen) atoms. The van der Waals surface area contributed by atoms with Crippen LogP contribution in [0.15, 0.2) is 59.9 Å². The third kappa shape index (κ3) is 9.13. The van der Waals surface area contributed by atoms with Gasteiger partial charge in [-0.3, -0.25) is 9.78 Å². The summed E-state index contributed by atoms with van der Waals surface area (Å²) in [6.45, 7) is 16.8. The number of carbonyl (C=O) groups is 1. The molecule has 0 fully saturated rings. The number of carbonyl (C=O) groups excluding carboxylic acids is 1. The average molecular weight is 763 g/mol. The SMILES string of the molecule is CCC(CC)C(=O)/C=C(\O)C(CC)CC.Cc1csc(-c2cc(-c3[c-]c4ccccc4c(C(C)(C)C)c3)ncn2)n1.[Ir]. The van der Waals surface area contributed by atoms with Gasteiger partial charge in [0.1, 0.15) is 11.3 Å². The Morgan fingerprint density at radius 1 is 0.976 bits per heavy atom. The number of aromatic nitrogens is 3. The Morgan fingerprint density at radius 2 is 1.60 bits per heavy atom. The second kappa shape index (κ2) is 16.2. The second-order valence-corrected chi connectivity index (χ2v) is 12.3. The van der Waals surface area contributed by atoms with Crippen molar-refractivity contribution in [2.75, 3.05) is 0 Å². The van der Waals surface area contributed by atoms with E-state index in [1.807, 2.05) is 46.1 Å². The van der Waals surface area contributed by atoms with E-state index >= 15 is 0 Å². The largest absolute Gasteiger partial charge is 0.512 e. The topological polar surface area (TPSA) is 76.0 Å². The molecular weight excluding hydrogens is 719 g/mol. The first-order valence-corrected chi connectivity index (χ1v) is 15.5. The summed E-state index contributed by atoms with van der Waals surface area (Å²) in [5.74, 6) is 0.547. The summed E-state index contributed by atoms with van der Waals surface area (Å²) in [6, 6.07) is 16.2. The van der Waals surface area contributed by atoms with Gasteiger partial charge >= 0.3 is 0 Å². The second-order valence-electron chi connectivity index (χ2n) is 11.5. The Morgan fingerprint density at radius 3 is 2.17 bits per heavy atom. The maximum Gasteiger partial charge on any atom is 0.162 e. The monoisotopic (exact) mass is 763 g/mol. The molecule has 4 rings (SSSR count). The van der Waals surface area contributed by atoms with Crippen LogP contribution in [0.25, 0.3) is 32.7 Å². The number of aliphatic hydroxyl groups is 1. The smallest absolute Gasteiger partial charge is 0.162 e. The van der Waals surface area contributed by atoms with Gasteiger partial charge in [0.05, 0.1) is 11.5 Å². The first-order chi connectivity index (χ1) is 19.5. The number of hydrogen-bond donors (Lipinski definition) is 1. The zero-order valence-electron chi connectivity index (χ0n) is 26.1. The van der Waals surface area contributed by atoms with Crippen molar-refractivity contribution in [1.29, 1.82) is 0 Å². The molecule has 2 aromatic carbocycles. The van der Waals surface area contributed by atoms with Gasteiger partial charge in [0.15, 0.2) is 5.78 Å². The summed E-state index contributed by atoms with van der Waals surface area (Å²) in [5, 5.41) is 15.1. The molecule has 5 nitrogen and oxygen atoms in total. The fraction of sp³-hybridized carbons (Fsp3) is 0.429. The van der Waals surface area contributed by atoms with Crippen LogP contribution in [0.4, 0.5) is 0 Å². The van der Waals surface area contributed by atoms with E-state index in [-0.39, 0.29) is 48.9 Å². The van der Waals surface area contributed by atoms with E-state index in [1.165, 1.54) is 17.0 Å². The van der Waals surface area contributed by atoms with Crippen molar-refractivity contribution in [3.05, 3.63) is 77.3 Å². The summed E-state index contributed by atoms with van der Waals surface area (Å²) in [6.07, 6.45) is 6.52. The first-order valence-electron chi connectivity index (χ1n) is 14.7. The number of fused-ring (bicyclic) bond motifs is 1. The van der Waals surface area contributed by atoms with Gasteiger partial charge in [-0.2, -0.15) is 0 Å². The minimum Gasteiger partial charge on any atom is -0.512 e. The number of rotatable bonds is 9. The number of ketones is 1. The Hall–Kier alpha value is -2.73. The molecular formula is C35H44IrN3O2S-. The quantitative estimate of drug-likeness (QED) is 0.104. The summed E-state index contributed by atoms with van der Waals surface area (Å²) in [7, 11) is 0. The van der Waals surface area contributed by atoms with Gasteiger partial charge in [-0.25, -0.2) is 9.97 Å². The van der Waals surface area contributed by atoms with Crippen molar-refractivity contribution < 1.29 is 30.0 Å². The predicted molar refractivity (Wildman–Crippen MR) is 172 cm³/mol. The predicted octanol–water partition coefficient (Wildman–Crippen LogP) is 9.69. The Labute approximate surface area is 269 Å². The fourth-order valence-corrected chi connectivity index (χ4v) is 5.63.